The summed E-state index contributed by atoms with van der Waals surface area (Å²) in [5.41, 5.74) is -0.156. The number of halogens is 2. The molecular weight excluding hydrogens is 414 g/mol. The number of phenols is 3. The summed E-state index contributed by atoms with van der Waals surface area (Å²) in [6, 6.07) is 0. The molecule has 3 N–H and O–H groups in total. The number of Topliss-reactive ketones (excluding diaryl/α,β-unsaturated/α-hetero) is 1. The van der Waals surface area contributed by atoms with Crippen molar-refractivity contribution in [3.05, 3.63) is 12.7 Å². The summed E-state index contributed by atoms with van der Waals surface area (Å²) >= 11 is 3.40. The summed E-state index contributed by atoms with van der Waals surface area (Å²) in [4.78, 5) is 11.1. The normalized spacial score (nSPS) is 10.2. The van der Waals surface area contributed by atoms with Crippen LogP contribution in [0.5, 0.6) is 17.2 Å². The standard InChI is InChI=1S/C8H6I2O4/c1-2(11)3-6(12)4(9)8(14)5(10)7(3)13/h12-14H,1H3. The molecule has 6 heteroatoms. The van der Waals surface area contributed by atoms with Crippen LogP contribution in [0.15, 0.2) is 0 Å². The molecular formula is C8H6I2O4. The van der Waals surface area contributed by atoms with Gasteiger partial charge in [0.05, 0.1) is 7.14 Å². The van der Waals surface area contributed by atoms with E-state index in [0.717, 1.165) is 0 Å². The zero-order valence-electron chi connectivity index (χ0n) is 7.01. The van der Waals surface area contributed by atoms with E-state index in [9.17, 15) is 20.1 Å². The molecule has 0 amide bonds. The van der Waals surface area contributed by atoms with E-state index in [1.54, 1.807) is 45.2 Å². The van der Waals surface area contributed by atoms with Crippen molar-refractivity contribution in [2.75, 3.05) is 0 Å². The Morgan fingerprint density at radius 3 is 1.64 bits per heavy atom. The van der Waals surface area contributed by atoms with E-state index < -0.39 is 5.78 Å². The topological polar surface area (TPSA) is 77.8 Å². The molecule has 0 aliphatic rings. The van der Waals surface area contributed by atoms with Gasteiger partial charge >= 0.3 is 0 Å². The fourth-order valence-corrected chi connectivity index (χ4v) is 2.58. The lowest BCUT2D eigenvalue weighted by Gasteiger charge is -2.10. The fourth-order valence-electron chi connectivity index (χ4n) is 0.986. The second-order valence-electron chi connectivity index (χ2n) is 2.60. The highest BCUT2D eigenvalue weighted by atomic mass is 127. The van der Waals surface area contributed by atoms with Crippen LogP contribution in [0.25, 0.3) is 0 Å². The molecule has 0 aliphatic heterocycles. The van der Waals surface area contributed by atoms with Crippen LogP contribution < -0.4 is 0 Å². The summed E-state index contributed by atoms with van der Waals surface area (Å²) in [7, 11) is 0. The smallest absolute Gasteiger partial charge is 0.167 e. The van der Waals surface area contributed by atoms with Crippen molar-refractivity contribution in [2.24, 2.45) is 0 Å². The minimum atomic E-state index is -0.448. The third-order valence-electron chi connectivity index (χ3n) is 1.66. The van der Waals surface area contributed by atoms with Crippen LogP contribution in [-0.2, 0) is 0 Å². The molecule has 0 saturated carbocycles. The predicted molar refractivity (Wildman–Crippen MR) is 66.9 cm³/mol. The zero-order chi connectivity index (χ0) is 11.0. The van der Waals surface area contributed by atoms with Crippen LogP contribution in [0.2, 0.25) is 0 Å². The number of hydrogen-bond donors (Lipinski definition) is 3. The zero-order valence-corrected chi connectivity index (χ0v) is 11.3. The van der Waals surface area contributed by atoms with Gasteiger partial charge in [-0.1, -0.05) is 0 Å². The maximum atomic E-state index is 11.1. The van der Waals surface area contributed by atoms with Crippen molar-refractivity contribution < 1.29 is 20.1 Å². The first kappa shape index (κ1) is 11.8. The summed E-state index contributed by atoms with van der Waals surface area (Å²) in [5, 5.41) is 28.4. The van der Waals surface area contributed by atoms with Crippen LogP contribution in [0, 0.1) is 7.14 Å². The molecule has 0 aliphatic carbocycles. The van der Waals surface area contributed by atoms with Gasteiger partial charge in [0.1, 0.15) is 22.8 Å². The Morgan fingerprint density at radius 1 is 1.00 bits per heavy atom. The van der Waals surface area contributed by atoms with Crippen LogP contribution >= 0.6 is 45.2 Å². The van der Waals surface area contributed by atoms with Crippen molar-refractivity contribution in [3.8, 4) is 17.2 Å². The first-order valence-electron chi connectivity index (χ1n) is 3.50. The van der Waals surface area contributed by atoms with E-state index in [1.165, 1.54) is 6.92 Å². The number of carbonyl (C=O) groups excluding carboxylic acids is 1. The van der Waals surface area contributed by atoms with Crippen molar-refractivity contribution in [3.63, 3.8) is 0 Å². The van der Waals surface area contributed by atoms with Gasteiger partial charge in [-0.05, 0) is 52.1 Å². The lowest BCUT2D eigenvalue weighted by atomic mass is 10.1. The Kier molecular flexibility index (Phi) is 3.45. The average molecular weight is 420 g/mol. The first-order chi connectivity index (χ1) is 6.37. The van der Waals surface area contributed by atoms with E-state index in [2.05, 4.69) is 0 Å². The highest BCUT2D eigenvalue weighted by Crippen LogP contribution is 2.43. The molecule has 0 spiro atoms. The number of benzene rings is 1. The summed E-state index contributed by atoms with van der Waals surface area (Å²) < 4.78 is 0.324. The van der Waals surface area contributed by atoms with E-state index in [0.29, 0.717) is 0 Å². The van der Waals surface area contributed by atoms with Gasteiger partial charge in [-0.15, -0.1) is 0 Å². The van der Waals surface area contributed by atoms with E-state index in [1.807, 2.05) is 0 Å². The minimum Gasteiger partial charge on any atom is -0.506 e. The Labute approximate surface area is 107 Å². The molecule has 14 heavy (non-hydrogen) atoms. The molecule has 0 atom stereocenters. The fraction of sp³-hybridized carbons (Fsp3) is 0.125. The Morgan fingerprint density at radius 2 is 1.36 bits per heavy atom. The van der Waals surface area contributed by atoms with Crippen LogP contribution in [0.1, 0.15) is 17.3 Å². The summed E-state index contributed by atoms with van der Waals surface area (Å²) in [5.74, 6) is -1.43. The maximum absolute atomic E-state index is 11.1. The van der Waals surface area contributed by atoms with Gasteiger partial charge in [-0.2, -0.15) is 0 Å². The van der Waals surface area contributed by atoms with Gasteiger partial charge in [0.15, 0.2) is 5.78 Å². The Hall–Kier alpha value is -0.250. The largest absolute Gasteiger partial charge is 0.506 e. The predicted octanol–water partition coefficient (Wildman–Crippen LogP) is 2.22. The Bertz CT molecular complexity index is 385. The van der Waals surface area contributed by atoms with Crippen LogP contribution in [0.3, 0.4) is 0 Å². The first-order valence-corrected chi connectivity index (χ1v) is 5.66. The Balaban J connectivity index is 3.68. The number of phenolic OH excluding ortho intramolecular Hbond substituents is 3. The highest BCUT2D eigenvalue weighted by molar-refractivity contribution is 14.1. The van der Waals surface area contributed by atoms with Gasteiger partial charge in [-0.25, -0.2) is 0 Å². The number of carbonyl (C=O) groups is 1. The van der Waals surface area contributed by atoms with Crippen molar-refractivity contribution in [1.29, 1.82) is 0 Å². The summed E-state index contributed by atoms with van der Waals surface area (Å²) in [6.45, 7) is 1.23. The lowest BCUT2D eigenvalue weighted by molar-refractivity contribution is 0.101. The highest BCUT2D eigenvalue weighted by Gasteiger charge is 2.22. The van der Waals surface area contributed by atoms with E-state index in [4.69, 9.17) is 0 Å². The van der Waals surface area contributed by atoms with E-state index in [-0.39, 0.29) is 30.0 Å². The third kappa shape index (κ3) is 1.76. The van der Waals surface area contributed by atoms with Gasteiger partial charge in [0, 0.05) is 0 Å². The summed E-state index contributed by atoms with van der Waals surface area (Å²) in [6.07, 6.45) is 0. The lowest BCUT2D eigenvalue weighted by Crippen LogP contribution is -1.97. The molecule has 0 bridgehead atoms. The number of ketones is 1. The molecule has 0 radical (unpaired) electrons. The van der Waals surface area contributed by atoms with Crippen LogP contribution in [-0.4, -0.2) is 21.1 Å². The number of aromatic hydroxyl groups is 3. The van der Waals surface area contributed by atoms with E-state index >= 15 is 0 Å². The van der Waals surface area contributed by atoms with Crippen LogP contribution in [0.4, 0.5) is 0 Å². The second kappa shape index (κ2) is 4.09. The third-order valence-corrected chi connectivity index (χ3v) is 3.70. The molecule has 0 unspecified atom stereocenters. The molecule has 0 fully saturated rings. The van der Waals surface area contributed by atoms with Gasteiger partial charge in [-0.3, -0.25) is 4.79 Å². The molecule has 1 rings (SSSR count). The second-order valence-corrected chi connectivity index (χ2v) is 4.76. The molecule has 76 valence electrons. The number of hydrogen-bond acceptors (Lipinski definition) is 4. The molecule has 1 aromatic carbocycles. The molecule has 0 heterocycles. The van der Waals surface area contributed by atoms with Gasteiger partial charge in [0.2, 0.25) is 0 Å². The van der Waals surface area contributed by atoms with Gasteiger partial charge < -0.3 is 15.3 Å². The quantitative estimate of drug-likeness (QED) is 0.482. The van der Waals surface area contributed by atoms with Crippen molar-refractivity contribution in [1.82, 2.24) is 0 Å². The average Bonchev–Trinajstić information content (AvgIpc) is 2.11. The van der Waals surface area contributed by atoms with Crippen molar-refractivity contribution in [2.45, 2.75) is 6.92 Å². The van der Waals surface area contributed by atoms with Crippen molar-refractivity contribution >= 4 is 51.0 Å². The molecule has 0 aromatic heterocycles. The number of rotatable bonds is 1. The molecule has 1 aromatic rings. The van der Waals surface area contributed by atoms with Gasteiger partial charge in [0.25, 0.3) is 0 Å². The minimum absolute atomic E-state index is 0.156. The molecule has 0 saturated heterocycles. The monoisotopic (exact) mass is 420 g/mol. The molecule has 4 nitrogen and oxygen atoms in total. The maximum Gasteiger partial charge on any atom is 0.167 e. The SMILES string of the molecule is CC(=O)c1c(O)c(I)c(O)c(I)c1O.